The number of amides is 1. The van der Waals surface area contributed by atoms with Gasteiger partial charge in [-0.1, -0.05) is 29.8 Å². The molecule has 2 N–H and O–H groups in total. The second-order valence-electron chi connectivity index (χ2n) is 8.82. The number of nitrogens with zero attached hydrogens (tertiary/aromatic N) is 8. The quantitative estimate of drug-likeness (QED) is 0.396. The van der Waals surface area contributed by atoms with Crippen LogP contribution in [0.25, 0.3) is 11.5 Å². The third-order valence-corrected chi connectivity index (χ3v) is 6.52. The number of carbonyl (C=O) groups excluding carboxylic acids is 1. The summed E-state index contributed by atoms with van der Waals surface area (Å²) in [5.41, 5.74) is 2.42. The minimum absolute atomic E-state index is 0.312. The van der Waals surface area contributed by atoms with E-state index in [-0.39, 0.29) is 5.91 Å². The number of aromatic nitrogens is 6. The largest absolute Gasteiger partial charge is 0.338 e. The van der Waals surface area contributed by atoms with Crippen LogP contribution in [0.2, 0.25) is 5.02 Å². The van der Waals surface area contributed by atoms with Crippen molar-refractivity contribution < 1.29 is 4.79 Å². The van der Waals surface area contributed by atoms with Crippen molar-refractivity contribution in [3.8, 4) is 11.5 Å². The number of para-hydroxylation sites is 1. The van der Waals surface area contributed by atoms with E-state index >= 15 is 0 Å². The van der Waals surface area contributed by atoms with Crippen LogP contribution < -0.4 is 15.5 Å². The second-order valence-corrected chi connectivity index (χ2v) is 9.23. The molecule has 0 unspecified atom stereocenters. The van der Waals surface area contributed by atoms with Crippen LogP contribution in [0.3, 0.4) is 0 Å². The van der Waals surface area contributed by atoms with Gasteiger partial charge in [-0.2, -0.15) is 15.0 Å². The van der Waals surface area contributed by atoms with Gasteiger partial charge in [0.15, 0.2) is 5.82 Å². The molecule has 1 aromatic carbocycles. The van der Waals surface area contributed by atoms with Crippen LogP contribution in [0.4, 0.5) is 23.5 Å². The Morgan fingerprint density at radius 2 is 1.78 bits per heavy atom. The lowest BCUT2D eigenvalue weighted by Gasteiger charge is -2.32. The van der Waals surface area contributed by atoms with Crippen LogP contribution in [0, 0.1) is 6.92 Å². The van der Waals surface area contributed by atoms with Crippen LogP contribution in [0.1, 0.15) is 16.1 Å². The van der Waals surface area contributed by atoms with Gasteiger partial charge in [0.1, 0.15) is 11.4 Å². The van der Waals surface area contributed by atoms with Crippen LogP contribution in [0.5, 0.6) is 0 Å². The minimum Gasteiger partial charge on any atom is -0.338 e. The number of benzene rings is 1. The van der Waals surface area contributed by atoms with Crippen molar-refractivity contribution in [3.05, 3.63) is 65.1 Å². The molecule has 3 aromatic heterocycles. The van der Waals surface area contributed by atoms with Crippen molar-refractivity contribution in [2.24, 2.45) is 7.05 Å². The van der Waals surface area contributed by atoms with E-state index in [9.17, 15) is 4.79 Å². The molecule has 1 saturated heterocycles. The summed E-state index contributed by atoms with van der Waals surface area (Å²) in [6.45, 7) is 5.31. The molecule has 4 aromatic rings. The van der Waals surface area contributed by atoms with E-state index in [0.29, 0.717) is 45.8 Å². The minimum atomic E-state index is -0.331. The molecule has 0 atom stereocenters. The highest BCUT2D eigenvalue weighted by molar-refractivity contribution is 6.34. The van der Waals surface area contributed by atoms with E-state index in [1.807, 2.05) is 37.3 Å². The van der Waals surface area contributed by atoms with Gasteiger partial charge in [0.05, 0.1) is 16.9 Å². The topological polar surface area (TPSA) is 117 Å². The van der Waals surface area contributed by atoms with Crippen LogP contribution in [0.15, 0.2) is 48.8 Å². The molecule has 11 nitrogen and oxygen atoms in total. The van der Waals surface area contributed by atoms with Crippen molar-refractivity contribution in [3.63, 3.8) is 0 Å². The summed E-state index contributed by atoms with van der Waals surface area (Å²) >= 11 is 6.28. The van der Waals surface area contributed by atoms with Crippen molar-refractivity contribution in [2.45, 2.75) is 6.92 Å². The fraction of sp³-hybridized carbons (Fsp3) is 0.280. The number of rotatable bonds is 6. The monoisotopic (exact) mass is 518 g/mol. The molecule has 1 aliphatic heterocycles. The molecule has 5 rings (SSSR count). The zero-order valence-corrected chi connectivity index (χ0v) is 21.6. The highest BCUT2D eigenvalue weighted by Crippen LogP contribution is 2.26. The van der Waals surface area contributed by atoms with Crippen molar-refractivity contribution in [1.29, 1.82) is 0 Å². The Hall–Kier alpha value is -4.09. The summed E-state index contributed by atoms with van der Waals surface area (Å²) in [4.78, 5) is 40.1. The second kappa shape index (κ2) is 10.5. The number of imidazole rings is 1. The van der Waals surface area contributed by atoms with Crippen molar-refractivity contribution in [1.82, 2.24) is 34.4 Å². The standard InChI is InChI=1S/C25H27ClN10O/c1-16-7-6-8-17(26)20(16)29-22(37)19-15-28-24(35(19)3)32-23-30-21(18-9-4-5-10-27-18)31-25(33-23)36-13-11-34(2)12-14-36/h4-10,15H,11-14H2,1-3H3,(H,29,37)(H,28,30,31,32,33). The van der Waals surface area contributed by atoms with Gasteiger partial charge in [0, 0.05) is 39.4 Å². The number of anilines is 4. The molecule has 0 aliphatic carbocycles. The van der Waals surface area contributed by atoms with Gasteiger partial charge in [0.2, 0.25) is 17.8 Å². The number of pyridine rings is 1. The predicted molar refractivity (Wildman–Crippen MR) is 143 cm³/mol. The molecule has 0 radical (unpaired) electrons. The van der Waals surface area contributed by atoms with Crippen molar-refractivity contribution >= 4 is 41.0 Å². The lowest BCUT2D eigenvalue weighted by Crippen LogP contribution is -2.45. The molecule has 1 amide bonds. The summed E-state index contributed by atoms with van der Waals surface area (Å²) in [5.74, 6) is 1.40. The number of halogens is 1. The number of hydrogen-bond acceptors (Lipinski definition) is 9. The third-order valence-electron chi connectivity index (χ3n) is 6.21. The number of carbonyl (C=O) groups is 1. The summed E-state index contributed by atoms with van der Waals surface area (Å²) in [7, 11) is 3.84. The average Bonchev–Trinajstić information content (AvgIpc) is 3.26. The molecule has 12 heteroatoms. The van der Waals surface area contributed by atoms with E-state index in [1.165, 1.54) is 6.20 Å². The zero-order chi connectivity index (χ0) is 25.9. The Balaban J connectivity index is 1.43. The molecule has 0 bridgehead atoms. The first-order valence-electron chi connectivity index (χ1n) is 11.8. The smallest absolute Gasteiger partial charge is 0.274 e. The van der Waals surface area contributed by atoms with E-state index in [1.54, 1.807) is 23.9 Å². The summed E-state index contributed by atoms with van der Waals surface area (Å²) in [6.07, 6.45) is 3.19. The SMILES string of the molecule is Cc1cccc(Cl)c1NC(=O)c1cnc(Nc2nc(-c3ccccn3)nc(N3CCN(C)CC3)n2)n1C. The molecule has 190 valence electrons. The van der Waals surface area contributed by atoms with Gasteiger partial charge in [0.25, 0.3) is 5.91 Å². The van der Waals surface area contributed by atoms with E-state index in [4.69, 9.17) is 16.6 Å². The average molecular weight is 519 g/mol. The Kier molecular flexibility index (Phi) is 6.97. The first kappa shape index (κ1) is 24.6. The molecular formula is C25H27ClN10O. The first-order valence-corrected chi connectivity index (χ1v) is 12.2. The predicted octanol–water partition coefficient (Wildman–Crippen LogP) is 3.38. The fourth-order valence-corrected chi connectivity index (χ4v) is 4.25. The number of hydrogen-bond donors (Lipinski definition) is 2. The summed E-state index contributed by atoms with van der Waals surface area (Å²) in [5, 5.41) is 6.50. The third kappa shape index (κ3) is 5.37. The summed E-state index contributed by atoms with van der Waals surface area (Å²) in [6, 6.07) is 11.0. The maximum atomic E-state index is 13.0. The van der Waals surface area contributed by atoms with Crippen molar-refractivity contribution in [2.75, 3.05) is 48.8 Å². The van der Waals surface area contributed by atoms with Crippen LogP contribution >= 0.6 is 11.6 Å². The number of aryl methyl sites for hydroxylation is 1. The highest BCUT2D eigenvalue weighted by Gasteiger charge is 2.21. The summed E-state index contributed by atoms with van der Waals surface area (Å²) < 4.78 is 1.64. The van der Waals surface area contributed by atoms with E-state index < -0.39 is 0 Å². The molecular weight excluding hydrogens is 492 g/mol. The number of piperazine rings is 1. The van der Waals surface area contributed by atoms with Gasteiger partial charge < -0.3 is 19.7 Å². The lowest BCUT2D eigenvalue weighted by molar-refractivity contribution is 0.101. The Morgan fingerprint density at radius 1 is 0.973 bits per heavy atom. The molecule has 4 heterocycles. The first-order chi connectivity index (χ1) is 17.9. The maximum absolute atomic E-state index is 13.0. The number of nitrogens with one attached hydrogen (secondary N) is 2. The maximum Gasteiger partial charge on any atom is 0.274 e. The zero-order valence-electron chi connectivity index (χ0n) is 20.8. The van der Waals surface area contributed by atoms with Gasteiger partial charge >= 0.3 is 0 Å². The molecule has 37 heavy (non-hydrogen) atoms. The van der Waals surface area contributed by atoms with Gasteiger partial charge in [-0.15, -0.1) is 0 Å². The van der Waals surface area contributed by atoms with Crippen LogP contribution in [-0.4, -0.2) is 73.5 Å². The Bertz CT molecular complexity index is 1400. The van der Waals surface area contributed by atoms with Gasteiger partial charge in [-0.25, -0.2) is 4.98 Å². The Morgan fingerprint density at radius 3 is 2.51 bits per heavy atom. The van der Waals surface area contributed by atoms with Gasteiger partial charge in [-0.3, -0.25) is 15.1 Å². The molecule has 1 aliphatic rings. The van der Waals surface area contributed by atoms with E-state index in [2.05, 4.69) is 47.4 Å². The van der Waals surface area contributed by atoms with E-state index in [0.717, 1.165) is 31.7 Å². The number of likely N-dealkylation sites (N-methyl/N-ethyl adjacent to an activating group) is 1. The fourth-order valence-electron chi connectivity index (χ4n) is 3.98. The molecule has 0 saturated carbocycles. The van der Waals surface area contributed by atoms with Gasteiger partial charge in [-0.05, 0) is 37.7 Å². The molecule has 1 fully saturated rings. The van der Waals surface area contributed by atoms with Crippen LogP contribution in [-0.2, 0) is 7.05 Å². The molecule has 0 spiro atoms. The Labute approximate surface area is 219 Å². The highest BCUT2D eigenvalue weighted by atomic mass is 35.5. The lowest BCUT2D eigenvalue weighted by atomic mass is 10.2. The normalized spacial score (nSPS) is 14.0.